The van der Waals surface area contributed by atoms with Gasteiger partial charge in [-0.15, -0.1) is 0 Å². The van der Waals surface area contributed by atoms with Crippen molar-refractivity contribution in [3.8, 4) is 0 Å². The molecule has 0 aromatic heterocycles. The zero-order valence-electron chi connectivity index (χ0n) is 53.3. The molecular formula is C56H79NO36. The fourth-order valence-electron chi connectivity index (χ4n) is 10.8. The summed E-state index contributed by atoms with van der Waals surface area (Å²) in [6, 6.07) is -2.03. The molecule has 5 aliphatic rings. The Morgan fingerprint density at radius 3 is 0.978 bits per heavy atom. The fourth-order valence-corrected chi connectivity index (χ4v) is 10.8. The first-order chi connectivity index (χ1) is 43.5. The smallest absolute Gasteiger partial charge is 0.303 e. The molecule has 0 aromatic carbocycles. The molecule has 37 heteroatoms. The Morgan fingerprint density at radius 1 is 0.312 bits per heavy atom. The summed E-state index contributed by atoms with van der Waals surface area (Å²) in [6.45, 7) is 12.2. The minimum atomic E-state index is -2.25. The lowest BCUT2D eigenvalue weighted by Gasteiger charge is -2.52. The van der Waals surface area contributed by atoms with Gasteiger partial charge in [-0.1, -0.05) is 0 Å². The Kier molecular flexibility index (Phi) is 28.1. The number of aliphatic hydroxyl groups is 2. The van der Waals surface area contributed by atoms with Crippen LogP contribution in [0.1, 0.15) is 104 Å². The van der Waals surface area contributed by atoms with Gasteiger partial charge in [-0.2, -0.15) is 0 Å². The summed E-state index contributed by atoms with van der Waals surface area (Å²) in [5.41, 5.74) is 0. The highest BCUT2D eigenvalue weighted by atomic mass is 16.8. The van der Waals surface area contributed by atoms with Gasteiger partial charge in [0.25, 0.3) is 0 Å². The van der Waals surface area contributed by atoms with Crippen molar-refractivity contribution in [2.75, 3.05) is 19.8 Å². The minimum absolute atomic E-state index is 0.807. The van der Waals surface area contributed by atoms with Gasteiger partial charge in [0.15, 0.2) is 92.5 Å². The van der Waals surface area contributed by atoms with Gasteiger partial charge in [0, 0.05) is 90.0 Å². The van der Waals surface area contributed by atoms with Gasteiger partial charge in [-0.3, -0.25) is 62.3 Å². The number of nitrogens with one attached hydrogen (secondary N) is 1. The highest BCUT2D eigenvalue weighted by Crippen LogP contribution is 2.41. The number of hydrogen-bond donors (Lipinski definition) is 3. The van der Waals surface area contributed by atoms with Crippen LogP contribution in [0.3, 0.4) is 0 Å². The molecule has 5 heterocycles. The molecule has 93 heavy (non-hydrogen) atoms. The molecule has 0 radical (unpaired) electrons. The second-order valence-corrected chi connectivity index (χ2v) is 21.7. The van der Waals surface area contributed by atoms with Crippen LogP contribution in [-0.4, -0.2) is 261 Å². The average molecular weight is 1340 g/mol. The third-order valence-electron chi connectivity index (χ3n) is 13.9. The Balaban J connectivity index is 1.82. The van der Waals surface area contributed by atoms with Gasteiger partial charge in [-0.25, -0.2) is 0 Å². The maximum atomic E-state index is 13.8. The van der Waals surface area contributed by atoms with E-state index in [4.69, 9.17) is 99.5 Å². The van der Waals surface area contributed by atoms with Crippen LogP contribution in [0, 0.1) is 0 Å². The van der Waals surface area contributed by atoms with Crippen LogP contribution in [0.4, 0.5) is 0 Å². The number of rotatable bonds is 24. The number of carbonyl (C=O) groups is 13. The lowest BCUT2D eigenvalue weighted by atomic mass is 9.93. The van der Waals surface area contributed by atoms with E-state index in [1.54, 1.807) is 0 Å². The van der Waals surface area contributed by atoms with Crippen LogP contribution in [0.2, 0.25) is 0 Å². The highest BCUT2D eigenvalue weighted by Gasteiger charge is 2.62. The van der Waals surface area contributed by atoms with Gasteiger partial charge in [0.1, 0.15) is 62.0 Å². The van der Waals surface area contributed by atoms with E-state index in [9.17, 15) is 72.5 Å². The summed E-state index contributed by atoms with van der Waals surface area (Å²) >= 11 is 0. The van der Waals surface area contributed by atoms with Crippen molar-refractivity contribution in [1.82, 2.24) is 5.32 Å². The van der Waals surface area contributed by atoms with Crippen molar-refractivity contribution in [2.24, 2.45) is 0 Å². The van der Waals surface area contributed by atoms with Crippen LogP contribution in [-0.2, 0) is 162 Å². The molecule has 1 amide bonds. The zero-order valence-corrected chi connectivity index (χ0v) is 53.3. The van der Waals surface area contributed by atoms with E-state index in [-0.39, 0.29) is 0 Å². The quantitative estimate of drug-likeness (QED) is 0.0646. The lowest BCUT2D eigenvalue weighted by molar-refractivity contribution is -0.390. The van der Waals surface area contributed by atoms with E-state index >= 15 is 0 Å². The summed E-state index contributed by atoms with van der Waals surface area (Å²) in [6.07, 6.45) is -45.6. The third kappa shape index (κ3) is 21.3. The van der Waals surface area contributed by atoms with Crippen LogP contribution >= 0.6 is 0 Å². The van der Waals surface area contributed by atoms with Crippen molar-refractivity contribution < 1.29 is 172 Å². The highest BCUT2D eigenvalue weighted by molar-refractivity contribution is 5.74. The molecule has 25 atom stereocenters. The first kappa shape index (κ1) is 76.4. The van der Waals surface area contributed by atoms with Gasteiger partial charge in [-0.05, 0) is 13.8 Å². The van der Waals surface area contributed by atoms with Gasteiger partial charge in [0.05, 0.1) is 18.8 Å². The molecule has 5 aliphatic heterocycles. The van der Waals surface area contributed by atoms with Crippen LogP contribution in [0.15, 0.2) is 0 Å². The van der Waals surface area contributed by atoms with E-state index in [0.717, 1.165) is 90.0 Å². The normalized spacial score (nSPS) is 35.7. The molecule has 5 fully saturated rings. The molecule has 0 saturated carbocycles. The number of esters is 12. The second kappa shape index (κ2) is 34.2. The van der Waals surface area contributed by atoms with Crippen molar-refractivity contribution in [2.45, 2.75) is 257 Å². The standard InChI is InChI=1S/C56H79NO36/c1-19-38(77-24(6)62)44(80-27(9)65)49(84-31(13)69)54(75-19)90-40-34(16-58)88-53(37(57-21(3)59)43(40)92-55-50(85-32(14)70)45(81-28(10)66)39(20(2)76-55)78-25(7)63)93-47-41(79-26(8)64)36(18-74-23(5)61)89-56(51(47)86-33(15)71)91-42-35(17-73-22(4)60)87-52(72)48(83-30(12)68)46(42)82-29(11)67/h19-20,34-56,58,72H,16-18H2,1-15H3,(H,57,59)/t19-,20+,34-,35-,36-,37-,38+,39-,40-,41+,42-,43-,44+,45-,46+,47+,48-,49-,50+,51-,52+,53+,54+,55+,56+/m1/s1. The Labute approximate surface area is 530 Å². The van der Waals surface area contributed by atoms with Gasteiger partial charge < -0.3 is 115 Å². The molecule has 0 aromatic rings. The zero-order chi connectivity index (χ0) is 69.6. The number of aliphatic hydroxyl groups excluding tert-OH is 2. The molecule has 0 bridgehead atoms. The number of ether oxygens (including phenoxy) is 21. The van der Waals surface area contributed by atoms with Crippen molar-refractivity contribution in [3.63, 3.8) is 0 Å². The summed E-state index contributed by atoms with van der Waals surface area (Å²) in [5.74, 6) is -13.2. The fraction of sp³-hybridized carbons (Fsp3) is 0.768. The van der Waals surface area contributed by atoms with E-state index in [1.807, 2.05) is 0 Å². The first-order valence-corrected chi connectivity index (χ1v) is 28.9. The first-order valence-electron chi connectivity index (χ1n) is 28.9. The monoisotopic (exact) mass is 1340 g/mol. The molecule has 37 nitrogen and oxygen atoms in total. The largest absolute Gasteiger partial charge is 0.463 e. The average Bonchev–Trinajstić information content (AvgIpc) is 0.777. The summed E-state index contributed by atoms with van der Waals surface area (Å²) in [5, 5.41) is 25.3. The van der Waals surface area contributed by atoms with Crippen molar-refractivity contribution >= 4 is 77.5 Å². The third-order valence-corrected chi connectivity index (χ3v) is 13.9. The molecule has 5 rings (SSSR count). The van der Waals surface area contributed by atoms with Gasteiger partial charge in [0.2, 0.25) is 5.91 Å². The van der Waals surface area contributed by atoms with Crippen molar-refractivity contribution in [1.29, 1.82) is 0 Å². The predicted molar refractivity (Wildman–Crippen MR) is 290 cm³/mol. The summed E-state index contributed by atoms with van der Waals surface area (Å²) in [7, 11) is 0. The molecule has 5 saturated heterocycles. The summed E-state index contributed by atoms with van der Waals surface area (Å²) < 4.78 is 124. The molecule has 3 N–H and O–H groups in total. The van der Waals surface area contributed by atoms with Gasteiger partial charge >= 0.3 is 71.6 Å². The minimum Gasteiger partial charge on any atom is -0.463 e. The Bertz CT molecular complexity index is 2710. The van der Waals surface area contributed by atoms with E-state index in [0.29, 0.717) is 0 Å². The number of hydrogen-bond acceptors (Lipinski definition) is 36. The number of carbonyl (C=O) groups excluding carboxylic acids is 13. The van der Waals surface area contributed by atoms with Crippen LogP contribution < -0.4 is 5.32 Å². The van der Waals surface area contributed by atoms with Crippen LogP contribution in [0.25, 0.3) is 0 Å². The van der Waals surface area contributed by atoms with E-state index in [1.165, 1.54) is 13.8 Å². The Hall–Kier alpha value is -7.33. The topological polar surface area (TPSA) is 468 Å². The molecular weight excluding hydrogens is 1260 g/mol. The maximum Gasteiger partial charge on any atom is 0.303 e. The van der Waals surface area contributed by atoms with E-state index in [2.05, 4.69) is 5.32 Å². The van der Waals surface area contributed by atoms with Crippen LogP contribution in [0.5, 0.6) is 0 Å². The molecule has 0 unspecified atom stereocenters. The molecule has 524 valence electrons. The SMILES string of the molecule is CC(=O)N[C@H]1[C@H](O[C@H]2[C@@H](OC(C)=O)[C@@H](COC(C)=O)O[C@@H](O[C@H]3[C@H](OC(C)=O)[C@@H](OC(C)=O)[C@@H](O)O[C@@H]3COC(C)=O)[C@@H]2OC(C)=O)O[C@H](CO)[C@@H](O[C@@H]2O[C@H](C)[C@H](OC(C)=O)[C@H](OC(C)=O)[C@H]2OC(C)=O)[C@@H]1O[C@@H]1O[C@@H](C)[C@@H](OC(C)=O)[C@@H](OC(C)=O)[C@@H]1OC(C)=O. The summed E-state index contributed by atoms with van der Waals surface area (Å²) in [4.78, 5) is 168. The molecule has 0 aliphatic carbocycles. The number of amides is 1. The predicted octanol–water partition coefficient (Wildman–Crippen LogP) is -2.88. The molecule has 0 spiro atoms. The maximum absolute atomic E-state index is 13.8. The Morgan fingerprint density at radius 2 is 0.602 bits per heavy atom. The lowest BCUT2D eigenvalue weighted by Crippen LogP contribution is -2.72. The van der Waals surface area contributed by atoms with Crippen molar-refractivity contribution in [3.05, 3.63) is 0 Å². The van der Waals surface area contributed by atoms with E-state index < -0.39 is 251 Å². The second-order valence-electron chi connectivity index (χ2n) is 21.7.